The molecular formula is C20H24NO3. The topological polar surface area (TPSA) is 53.7 Å². The van der Waals surface area contributed by atoms with Gasteiger partial charge in [-0.25, -0.2) is 0 Å². The van der Waals surface area contributed by atoms with Gasteiger partial charge in [0.1, 0.15) is 29.5 Å². The molecule has 1 heterocycles. The molecular weight excluding hydrogens is 302 g/mol. The largest absolute Gasteiger partial charge is 0.497 e. The fourth-order valence-electron chi connectivity index (χ4n) is 3.00. The number of nitrogen functional groups attached to an aromatic ring is 1. The summed E-state index contributed by atoms with van der Waals surface area (Å²) < 4.78 is 17.5. The monoisotopic (exact) mass is 326 g/mol. The number of anilines is 1. The average Bonchev–Trinajstić information content (AvgIpc) is 2.60. The van der Waals surface area contributed by atoms with Crippen LogP contribution in [-0.4, -0.2) is 19.3 Å². The minimum Gasteiger partial charge on any atom is -0.497 e. The van der Waals surface area contributed by atoms with Gasteiger partial charge < -0.3 is 19.9 Å². The first-order chi connectivity index (χ1) is 11.7. The van der Waals surface area contributed by atoms with Crippen molar-refractivity contribution in [2.45, 2.75) is 37.9 Å². The van der Waals surface area contributed by atoms with Gasteiger partial charge in [0, 0.05) is 24.2 Å². The van der Waals surface area contributed by atoms with Crippen molar-refractivity contribution in [3.63, 3.8) is 0 Å². The normalized spacial score (nSPS) is 17.5. The molecule has 0 aromatic heterocycles. The van der Waals surface area contributed by atoms with Crippen molar-refractivity contribution in [2.24, 2.45) is 0 Å². The van der Waals surface area contributed by atoms with Crippen molar-refractivity contribution in [2.75, 3.05) is 12.8 Å². The first-order valence-electron chi connectivity index (χ1n) is 8.33. The second-order valence-electron chi connectivity index (χ2n) is 6.09. The molecule has 2 unspecified atom stereocenters. The van der Waals surface area contributed by atoms with Crippen molar-refractivity contribution in [1.29, 1.82) is 0 Å². The molecule has 0 bridgehead atoms. The van der Waals surface area contributed by atoms with E-state index < -0.39 is 0 Å². The molecule has 4 heteroatoms. The number of hydrogen-bond donors (Lipinski definition) is 1. The molecule has 0 saturated heterocycles. The van der Waals surface area contributed by atoms with Crippen LogP contribution in [0.2, 0.25) is 0 Å². The summed E-state index contributed by atoms with van der Waals surface area (Å²) in [5.41, 5.74) is 7.74. The van der Waals surface area contributed by atoms with E-state index in [1.165, 1.54) is 5.56 Å². The Morgan fingerprint density at radius 1 is 1.25 bits per heavy atom. The summed E-state index contributed by atoms with van der Waals surface area (Å²) in [5.74, 6) is 2.51. The van der Waals surface area contributed by atoms with Crippen LogP contribution in [0.5, 0.6) is 17.2 Å². The summed E-state index contributed by atoms with van der Waals surface area (Å²) in [5, 5.41) is 0. The minimum atomic E-state index is 0.00366. The number of aryl methyl sites for hydroxylation is 1. The molecule has 2 aromatic carbocycles. The first-order valence-corrected chi connectivity index (χ1v) is 8.33. The predicted molar refractivity (Wildman–Crippen MR) is 95.6 cm³/mol. The minimum absolute atomic E-state index is 0.00366. The van der Waals surface area contributed by atoms with Crippen LogP contribution in [0.3, 0.4) is 0 Å². The third-order valence-electron chi connectivity index (χ3n) is 4.31. The van der Waals surface area contributed by atoms with E-state index in [1.54, 1.807) is 7.11 Å². The summed E-state index contributed by atoms with van der Waals surface area (Å²) in [6.07, 6.45) is 3.60. The highest BCUT2D eigenvalue weighted by Gasteiger charge is 2.24. The van der Waals surface area contributed by atoms with Crippen LogP contribution in [0.1, 0.15) is 24.8 Å². The Kier molecular flexibility index (Phi) is 5.14. The molecule has 2 N–H and O–H groups in total. The second kappa shape index (κ2) is 7.47. The highest BCUT2D eigenvalue weighted by atomic mass is 16.5. The number of hydrogen-bond acceptors (Lipinski definition) is 4. The third kappa shape index (κ3) is 3.94. The Morgan fingerprint density at radius 3 is 2.88 bits per heavy atom. The van der Waals surface area contributed by atoms with Crippen LogP contribution in [0.25, 0.3) is 0 Å². The maximum absolute atomic E-state index is 6.16. The predicted octanol–water partition coefficient (Wildman–Crippen LogP) is 4.03. The van der Waals surface area contributed by atoms with Gasteiger partial charge in [0.2, 0.25) is 0 Å². The number of benzene rings is 2. The van der Waals surface area contributed by atoms with Gasteiger partial charge in [-0.15, -0.1) is 0 Å². The molecule has 127 valence electrons. The van der Waals surface area contributed by atoms with Gasteiger partial charge in [-0.1, -0.05) is 12.1 Å². The van der Waals surface area contributed by atoms with Crippen LogP contribution in [0.15, 0.2) is 42.5 Å². The van der Waals surface area contributed by atoms with Crippen molar-refractivity contribution in [3.05, 3.63) is 55.0 Å². The summed E-state index contributed by atoms with van der Waals surface area (Å²) in [6.45, 7) is 4.01. The summed E-state index contributed by atoms with van der Waals surface area (Å²) >= 11 is 0. The van der Waals surface area contributed by atoms with Crippen molar-refractivity contribution in [1.82, 2.24) is 0 Å². The zero-order chi connectivity index (χ0) is 16.9. The smallest absolute Gasteiger partial charge is 0.126 e. The Hall–Kier alpha value is -2.36. The maximum atomic E-state index is 6.16. The fraction of sp³-hybridized carbons (Fsp3) is 0.350. The number of rotatable bonds is 6. The molecule has 24 heavy (non-hydrogen) atoms. The molecule has 1 radical (unpaired) electrons. The fourth-order valence-corrected chi connectivity index (χ4v) is 3.00. The van der Waals surface area contributed by atoms with E-state index in [0.717, 1.165) is 36.5 Å². The van der Waals surface area contributed by atoms with E-state index in [-0.39, 0.29) is 12.2 Å². The van der Waals surface area contributed by atoms with Gasteiger partial charge >= 0.3 is 0 Å². The van der Waals surface area contributed by atoms with Crippen LogP contribution in [-0.2, 0) is 6.42 Å². The van der Waals surface area contributed by atoms with Gasteiger partial charge in [0.05, 0.1) is 7.11 Å². The molecule has 0 spiro atoms. The number of ether oxygens (including phenoxy) is 3. The SMILES string of the molecule is [CH2]CC(CC1CCc2ccc(OC)cc2O1)Oc1cccc(N)c1. The quantitative estimate of drug-likeness (QED) is 0.814. The molecule has 0 saturated carbocycles. The lowest BCUT2D eigenvalue weighted by atomic mass is 9.98. The standard InChI is InChI=1S/C20H24NO3/c1-3-16(23-18-6-4-5-15(21)11-18)12-19-10-8-14-7-9-17(22-2)13-20(14)24-19/h4-7,9,11,13,16,19H,1,3,8,10,12,21H2,2H3. The zero-order valence-electron chi connectivity index (χ0n) is 14.0. The van der Waals surface area contributed by atoms with Crippen molar-refractivity contribution < 1.29 is 14.2 Å². The van der Waals surface area contributed by atoms with Gasteiger partial charge in [0.25, 0.3) is 0 Å². The Labute approximate surface area is 143 Å². The van der Waals surface area contributed by atoms with Gasteiger partial charge in [-0.2, -0.15) is 0 Å². The van der Waals surface area contributed by atoms with Gasteiger partial charge in [0.15, 0.2) is 0 Å². The van der Waals surface area contributed by atoms with Crippen molar-refractivity contribution in [3.8, 4) is 17.2 Å². The van der Waals surface area contributed by atoms with Gasteiger partial charge in [-0.3, -0.25) is 0 Å². The lowest BCUT2D eigenvalue weighted by Crippen LogP contribution is -2.30. The number of fused-ring (bicyclic) bond motifs is 1. The van der Waals surface area contributed by atoms with E-state index in [4.69, 9.17) is 19.9 Å². The van der Waals surface area contributed by atoms with Gasteiger partial charge in [-0.05, 0) is 49.9 Å². The highest BCUT2D eigenvalue weighted by Crippen LogP contribution is 2.33. The molecule has 0 aliphatic carbocycles. The van der Waals surface area contributed by atoms with E-state index in [0.29, 0.717) is 12.1 Å². The van der Waals surface area contributed by atoms with Crippen LogP contribution in [0, 0.1) is 6.92 Å². The molecule has 0 amide bonds. The zero-order valence-corrected chi connectivity index (χ0v) is 14.0. The average molecular weight is 326 g/mol. The van der Waals surface area contributed by atoms with E-state index in [9.17, 15) is 0 Å². The summed E-state index contributed by atoms with van der Waals surface area (Å²) in [6, 6.07) is 13.5. The Morgan fingerprint density at radius 2 is 2.12 bits per heavy atom. The molecule has 3 rings (SSSR count). The lowest BCUT2D eigenvalue weighted by Gasteiger charge is -2.29. The van der Waals surface area contributed by atoms with E-state index in [2.05, 4.69) is 13.0 Å². The Bertz CT molecular complexity index is 686. The lowest BCUT2D eigenvalue weighted by molar-refractivity contribution is 0.0970. The number of methoxy groups -OCH3 is 1. The Balaban J connectivity index is 1.64. The maximum Gasteiger partial charge on any atom is 0.126 e. The summed E-state index contributed by atoms with van der Waals surface area (Å²) in [4.78, 5) is 0. The number of nitrogens with two attached hydrogens (primary N) is 1. The molecule has 0 fully saturated rings. The van der Waals surface area contributed by atoms with E-state index >= 15 is 0 Å². The van der Waals surface area contributed by atoms with E-state index in [1.807, 2.05) is 36.4 Å². The molecule has 2 atom stereocenters. The van der Waals surface area contributed by atoms with Crippen LogP contribution in [0.4, 0.5) is 5.69 Å². The molecule has 1 aliphatic heterocycles. The highest BCUT2D eigenvalue weighted by molar-refractivity contribution is 5.44. The summed E-state index contributed by atoms with van der Waals surface area (Å²) in [7, 11) is 1.67. The van der Waals surface area contributed by atoms with Crippen LogP contribution < -0.4 is 19.9 Å². The molecule has 1 aliphatic rings. The first kappa shape index (κ1) is 16.5. The van der Waals surface area contributed by atoms with Crippen LogP contribution >= 0.6 is 0 Å². The third-order valence-corrected chi connectivity index (χ3v) is 4.31. The molecule has 4 nitrogen and oxygen atoms in total. The second-order valence-corrected chi connectivity index (χ2v) is 6.09. The molecule has 2 aromatic rings. The van der Waals surface area contributed by atoms with Crippen molar-refractivity contribution >= 4 is 5.69 Å².